The highest BCUT2D eigenvalue weighted by molar-refractivity contribution is 4.89. The minimum absolute atomic E-state index is 0.237. The number of nitrogens with zero attached hydrogens (tertiary/aromatic N) is 1. The zero-order valence-electron chi connectivity index (χ0n) is 13.8. The van der Waals surface area contributed by atoms with E-state index in [0.29, 0.717) is 0 Å². The molecule has 19 heavy (non-hydrogen) atoms. The topological polar surface area (TPSA) is 29.3 Å². The molecule has 0 aromatic carbocycles. The fraction of sp³-hybridized carbons (Fsp3) is 1.00. The maximum atomic E-state index is 6.12. The van der Waals surface area contributed by atoms with Crippen LogP contribution >= 0.6 is 0 Å². The number of likely N-dealkylation sites (tertiary alicyclic amines) is 1. The van der Waals surface area contributed by atoms with E-state index in [-0.39, 0.29) is 5.54 Å². The van der Waals surface area contributed by atoms with Crippen molar-refractivity contribution in [2.24, 2.45) is 17.6 Å². The second-order valence-electron chi connectivity index (χ2n) is 7.08. The maximum absolute atomic E-state index is 6.12. The van der Waals surface area contributed by atoms with Gasteiger partial charge in [-0.2, -0.15) is 0 Å². The summed E-state index contributed by atoms with van der Waals surface area (Å²) in [6, 6.07) is 0. The van der Waals surface area contributed by atoms with Crippen LogP contribution < -0.4 is 5.73 Å². The van der Waals surface area contributed by atoms with E-state index in [0.717, 1.165) is 18.4 Å². The van der Waals surface area contributed by atoms with Crippen molar-refractivity contribution in [3.63, 3.8) is 0 Å². The van der Waals surface area contributed by atoms with Crippen LogP contribution in [-0.4, -0.2) is 30.1 Å². The third kappa shape index (κ3) is 5.07. The van der Waals surface area contributed by atoms with E-state index in [1.54, 1.807) is 0 Å². The number of rotatable bonds is 7. The van der Waals surface area contributed by atoms with Crippen LogP contribution in [0.5, 0.6) is 0 Å². The van der Waals surface area contributed by atoms with Crippen LogP contribution in [0.1, 0.15) is 72.6 Å². The predicted octanol–water partition coefficient (Wildman–Crippen LogP) is 4.04. The maximum Gasteiger partial charge on any atom is 0.0303 e. The van der Waals surface area contributed by atoms with Gasteiger partial charge in [0, 0.05) is 12.1 Å². The molecule has 0 bridgehead atoms. The van der Waals surface area contributed by atoms with E-state index in [1.807, 2.05) is 0 Å². The average molecular weight is 268 g/mol. The van der Waals surface area contributed by atoms with Gasteiger partial charge in [-0.25, -0.2) is 0 Å². The lowest BCUT2D eigenvalue weighted by molar-refractivity contribution is 0.100. The van der Waals surface area contributed by atoms with Crippen molar-refractivity contribution >= 4 is 0 Å². The fourth-order valence-electron chi connectivity index (χ4n) is 3.47. The minimum atomic E-state index is 0.237. The lowest BCUT2D eigenvalue weighted by Crippen LogP contribution is -2.52. The standard InChI is InChI=1S/C17H36N2/c1-5-6-7-11-17(4,14-18)19-12-8-9-16(10-13-19)15(2)3/h15-16H,5-14,18H2,1-4H3. The smallest absolute Gasteiger partial charge is 0.0303 e. The molecule has 2 unspecified atom stereocenters. The van der Waals surface area contributed by atoms with E-state index in [1.165, 1.54) is 58.0 Å². The molecule has 1 aliphatic heterocycles. The molecular weight excluding hydrogens is 232 g/mol. The summed E-state index contributed by atoms with van der Waals surface area (Å²) in [6.07, 6.45) is 9.36. The minimum Gasteiger partial charge on any atom is -0.329 e. The molecule has 0 spiro atoms. The monoisotopic (exact) mass is 268 g/mol. The fourth-order valence-corrected chi connectivity index (χ4v) is 3.47. The first-order valence-electron chi connectivity index (χ1n) is 8.48. The molecule has 0 saturated carbocycles. The summed E-state index contributed by atoms with van der Waals surface area (Å²) in [5, 5.41) is 0. The summed E-state index contributed by atoms with van der Waals surface area (Å²) >= 11 is 0. The first kappa shape index (κ1) is 17.0. The van der Waals surface area contributed by atoms with Crippen molar-refractivity contribution in [3.8, 4) is 0 Å². The Labute approximate surface area is 121 Å². The van der Waals surface area contributed by atoms with Gasteiger partial charge < -0.3 is 5.73 Å². The molecule has 1 aliphatic rings. The van der Waals surface area contributed by atoms with Crippen LogP contribution in [0.25, 0.3) is 0 Å². The van der Waals surface area contributed by atoms with Crippen LogP contribution in [0.4, 0.5) is 0 Å². The van der Waals surface area contributed by atoms with Crippen molar-refractivity contribution in [3.05, 3.63) is 0 Å². The predicted molar refractivity (Wildman–Crippen MR) is 85.4 cm³/mol. The van der Waals surface area contributed by atoms with Crippen molar-refractivity contribution in [1.82, 2.24) is 4.90 Å². The lowest BCUT2D eigenvalue weighted by atomic mass is 9.89. The molecule has 114 valence electrons. The summed E-state index contributed by atoms with van der Waals surface area (Å²) in [5.41, 5.74) is 6.36. The number of hydrogen-bond donors (Lipinski definition) is 1. The molecular formula is C17H36N2. The van der Waals surface area contributed by atoms with E-state index in [2.05, 4.69) is 32.6 Å². The molecule has 1 heterocycles. The van der Waals surface area contributed by atoms with Crippen molar-refractivity contribution in [2.75, 3.05) is 19.6 Å². The van der Waals surface area contributed by atoms with Gasteiger partial charge in [0.15, 0.2) is 0 Å². The second-order valence-corrected chi connectivity index (χ2v) is 7.08. The summed E-state index contributed by atoms with van der Waals surface area (Å²) in [7, 11) is 0. The van der Waals surface area contributed by atoms with E-state index in [4.69, 9.17) is 5.73 Å². The molecule has 1 rings (SSSR count). The van der Waals surface area contributed by atoms with Crippen LogP contribution in [0.3, 0.4) is 0 Å². The molecule has 2 heteroatoms. The number of unbranched alkanes of at least 4 members (excludes halogenated alkanes) is 2. The number of nitrogens with two attached hydrogens (primary N) is 1. The summed E-state index contributed by atoms with van der Waals surface area (Å²) in [5.74, 6) is 1.76. The summed E-state index contributed by atoms with van der Waals surface area (Å²) < 4.78 is 0. The van der Waals surface area contributed by atoms with Crippen molar-refractivity contribution in [2.45, 2.75) is 78.2 Å². The van der Waals surface area contributed by atoms with Crippen LogP contribution in [0.2, 0.25) is 0 Å². The molecule has 0 aromatic heterocycles. The largest absolute Gasteiger partial charge is 0.329 e. The normalized spacial score (nSPS) is 25.3. The van der Waals surface area contributed by atoms with E-state index >= 15 is 0 Å². The van der Waals surface area contributed by atoms with E-state index < -0.39 is 0 Å². The first-order valence-corrected chi connectivity index (χ1v) is 8.48. The third-order valence-corrected chi connectivity index (χ3v) is 5.24. The lowest BCUT2D eigenvalue weighted by Gasteiger charge is -2.40. The summed E-state index contributed by atoms with van der Waals surface area (Å²) in [4.78, 5) is 2.70. The van der Waals surface area contributed by atoms with Crippen LogP contribution in [0, 0.1) is 11.8 Å². The van der Waals surface area contributed by atoms with Gasteiger partial charge in [0.05, 0.1) is 0 Å². The van der Waals surface area contributed by atoms with Gasteiger partial charge in [-0.3, -0.25) is 4.90 Å². The second kappa shape index (κ2) is 8.26. The first-order chi connectivity index (χ1) is 9.03. The average Bonchev–Trinajstić information content (AvgIpc) is 2.65. The van der Waals surface area contributed by atoms with Crippen LogP contribution in [-0.2, 0) is 0 Å². The highest BCUT2D eigenvalue weighted by Crippen LogP contribution is 2.30. The van der Waals surface area contributed by atoms with Gasteiger partial charge in [0.2, 0.25) is 0 Å². The van der Waals surface area contributed by atoms with Gasteiger partial charge in [-0.15, -0.1) is 0 Å². The quantitative estimate of drug-likeness (QED) is 0.706. The zero-order valence-corrected chi connectivity index (χ0v) is 13.8. The van der Waals surface area contributed by atoms with Gasteiger partial charge in [-0.05, 0) is 57.5 Å². The Balaban J connectivity index is 2.55. The molecule has 1 fully saturated rings. The third-order valence-electron chi connectivity index (χ3n) is 5.24. The Morgan fingerprint density at radius 3 is 2.53 bits per heavy atom. The van der Waals surface area contributed by atoms with Gasteiger partial charge in [0.25, 0.3) is 0 Å². The molecule has 2 N–H and O–H groups in total. The van der Waals surface area contributed by atoms with Gasteiger partial charge in [-0.1, -0.05) is 40.0 Å². The SMILES string of the molecule is CCCCCC(C)(CN)N1CCCC(C(C)C)CC1. The molecule has 2 nitrogen and oxygen atoms in total. The van der Waals surface area contributed by atoms with Crippen molar-refractivity contribution in [1.29, 1.82) is 0 Å². The highest BCUT2D eigenvalue weighted by Gasteiger charge is 2.31. The Bertz CT molecular complexity index is 239. The molecule has 0 aromatic rings. The van der Waals surface area contributed by atoms with Crippen molar-refractivity contribution < 1.29 is 0 Å². The van der Waals surface area contributed by atoms with Gasteiger partial charge >= 0.3 is 0 Å². The highest BCUT2D eigenvalue weighted by atomic mass is 15.2. The van der Waals surface area contributed by atoms with Crippen LogP contribution in [0.15, 0.2) is 0 Å². The van der Waals surface area contributed by atoms with E-state index in [9.17, 15) is 0 Å². The molecule has 0 aliphatic carbocycles. The molecule has 1 saturated heterocycles. The Morgan fingerprint density at radius 2 is 1.95 bits per heavy atom. The Hall–Kier alpha value is -0.0800. The molecule has 2 atom stereocenters. The summed E-state index contributed by atoms with van der Waals surface area (Å²) in [6.45, 7) is 12.7. The zero-order chi connectivity index (χ0) is 14.3. The Morgan fingerprint density at radius 1 is 1.21 bits per heavy atom. The molecule has 0 amide bonds. The number of hydrogen-bond acceptors (Lipinski definition) is 2. The molecule has 0 radical (unpaired) electrons. The Kier molecular flexibility index (Phi) is 7.38. The van der Waals surface area contributed by atoms with Gasteiger partial charge in [0.1, 0.15) is 0 Å².